The lowest BCUT2D eigenvalue weighted by Gasteiger charge is -2.42. The topological polar surface area (TPSA) is 58.6 Å². The van der Waals surface area contributed by atoms with E-state index in [9.17, 15) is 18.4 Å². The van der Waals surface area contributed by atoms with E-state index in [1.807, 2.05) is 24.3 Å². The summed E-state index contributed by atoms with van der Waals surface area (Å²) in [6, 6.07) is 11.3. The van der Waals surface area contributed by atoms with Crippen LogP contribution in [0.2, 0.25) is 0 Å². The van der Waals surface area contributed by atoms with Gasteiger partial charge < -0.3 is 15.0 Å². The van der Waals surface area contributed by atoms with Crippen LogP contribution in [0.1, 0.15) is 54.9 Å². The Balaban J connectivity index is 1.45. The molecule has 0 unspecified atom stereocenters. The minimum absolute atomic E-state index is 0.154. The zero-order chi connectivity index (χ0) is 23.4. The average Bonchev–Trinajstić information content (AvgIpc) is 2.81. The number of likely N-dealkylation sites (tertiary alicyclic amines) is 1. The van der Waals surface area contributed by atoms with Crippen LogP contribution < -0.4 is 10.1 Å². The number of amides is 2. The maximum Gasteiger partial charge on any atom is 0.260 e. The SMILES string of the molecule is C[C@H]1Oc2ccccc2CCCCC2(CCN(C(=O)c3c(F)cccc3F)CC2)CNC1=O. The molecule has 5 nitrogen and oxygen atoms in total. The number of carbonyl (C=O) groups is 2. The third-order valence-electron chi connectivity index (χ3n) is 6.97. The number of rotatable bonds is 1. The van der Waals surface area contributed by atoms with Crippen molar-refractivity contribution in [2.75, 3.05) is 19.6 Å². The number of piperidine rings is 1. The van der Waals surface area contributed by atoms with Gasteiger partial charge in [-0.25, -0.2) is 8.78 Å². The highest BCUT2D eigenvalue weighted by Gasteiger charge is 2.37. The Hall–Kier alpha value is -2.96. The maximum atomic E-state index is 14.1. The van der Waals surface area contributed by atoms with E-state index in [0.717, 1.165) is 49.1 Å². The molecule has 2 aromatic carbocycles. The largest absolute Gasteiger partial charge is 0.481 e. The number of benzene rings is 2. The Morgan fingerprint density at radius 2 is 1.73 bits per heavy atom. The van der Waals surface area contributed by atoms with Crippen molar-refractivity contribution in [1.29, 1.82) is 0 Å². The van der Waals surface area contributed by atoms with Gasteiger partial charge in [-0.15, -0.1) is 0 Å². The second-order valence-electron chi connectivity index (χ2n) is 9.18. The van der Waals surface area contributed by atoms with Gasteiger partial charge in [0.2, 0.25) is 0 Å². The van der Waals surface area contributed by atoms with Gasteiger partial charge >= 0.3 is 0 Å². The van der Waals surface area contributed by atoms with E-state index in [-0.39, 0.29) is 11.3 Å². The van der Waals surface area contributed by atoms with Gasteiger partial charge in [0, 0.05) is 19.6 Å². The number of nitrogens with zero attached hydrogens (tertiary/aromatic N) is 1. The van der Waals surface area contributed by atoms with Gasteiger partial charge in [0.25, 0.3) is 11.8 Å². The molecule has 2 heterocycles. The number of hydrogen-bond donors (Lipinski definition) is 1. The molecule has 2 amide bonds. The Kier molecular flexibility index (Phi) is 6.96. The first-order valence-corrected chi connectivity index (χ1v) is 11.6. The van der Waals surface area contributed by atoms with Gasteiger partial charge in [0.15, 0.2) is 6.10 Å². The molecule has 1 saturated heterocycles. The van der Waals surface area contributed by atoms with Crippen molar-refractivity contribution >= 4 is 11.8 Å². The average molecular weight is 457 g/mol. The molecule has 1 fully saturated rings. The van der Waals surface area contributed by atoms with E-state index in [1.54, 1.807) is 6.92 Å². The predicted octanol–water partition coefficient (Wildman–Crippen LogP) is 4.50. The number of carbonyl (C=O) groups excluding carboxylic acids is 2. The smallest absolute Gasteiger partial charge is 0.260 e. The summed E-state index contributed by atoms with van der Waals surface area (Å²) in [6.45, 7) is 3.04. The molecule has 33 heavy (non-hydrogen) atoms. The monoisotopic (exact) mass is 456 g/mol. The molecule has 0 bridgehead atoms. The fraction of sp³-hybridized carbons (Fsp3) is 0.462. The summed E-state index contributed by atoms with van der Waals surface area (Å²) in [5.41, 5.74) is 0.447. The lowest BCUT2D eigenvalue weighted by Crippen LogP contribution is -2.49. The zero-order valence-corrected chi connectivity index (χ0v) is 18.9. The minimum Gasteiger partial charge on any atom is -0.481 e. The lowest BCUT2D eigenvalue weighted by molar-refractivity contribution is -0.128. The fourth-order valence-corrected chi connectivity index (χ4v) is 4.86. The van der Waals surface area contributed by atoms with E-state index in [0.29, 0.717) is 32.5 Å². The minimum atomic E-state index is -0.840. The van der Waals surface area contributed by atoms with Crippen LogP contribution >= 0.6 is 0 Å². The molecule has 2 aliphatic rings. The summed E-state index contributed by atoms with van der Waals surface area (Å²) >= 11 is 0. The number of fused-ring (bicyclic) bond motifs is 1. The summed E-state index contributed by atoms with van der Waals surface area (Å²) < 4.78 is 34.1. The van der Waals surface area contributed by atoms with Crippen molar-refractivity contribution in [3.8, 4) is 5.75 Å². The summed E-state index contributed by atoms with van der Waals surface area (Å²) in [5.74, 6) is -1.71. The Labute approximate surface area is 193 Å². The highest BCUT2D eigenvalue weighted by molar-refractivity contribution is 5.94. The van der Waals surface area contributed by atoms with Crippen molar-refractivity contribution in [3.05, 3.63) is 65.2 Å². The number of aryl methyl sites for hydroxylation is 1. The van der Waals surface area contributed by atoms with Gasteiger partial charge in [0.05, 0.1) is 0 Å². The van der Waals surface area contributed by atoms with E-state index in [4.69, 9.17) is 4.74 Å². The van der Waals surface area contributed by atoms with Crippen LogP contribution in [-0.2, 0) is 11.2 Å². The number of ether oxygens (including phenoxy) is 1. The standard InChI is InChI=1S/C26H30F2N2O3/c1-18-24(31)29-17-26(12-5-4-8-19-7-2-3-11-22(19)33-18)13-15-30(16-14-26)25(32)23-20(27)9-6-10-21(23)28/h2-3,6-7,9-11,18H,4-5,8,12-17H2,1H3,(H,29,31)/t18-/m1/s1. The Bertz CT molecular complexity index is 998. The normalized spacial score (nSPS) is 21.2. The first-order valence-electron chi connectivity index (χ1n) is 11.6. The highest BCUT2D eigenvalue weighted by atomic mass is 19.1. The maximum absolute atomic E-state index is 14.1. The summed E-state index contributed by atoms with van der Waals surface area (Å²) in [4.78, 5) is 27.0. The first kappa shape index (κ1) is 23.2. The molecular weight excluding hydrogens is 426 g/mol. The number of para-hydroxylation sites is 1. The molecule has 0 aromatic heterocycles. The summed E-state index contributed by atoms with van der Waals surface area (Å²) in [5, 5.41) is 3.05. The van der Waals surface area contributed by atoms with Crippen LogP contribution in [0.4, 0.5) is 8.78 Å². The van der Waals surface area contributed by atoms with Crippen LogP contribution in [0, 0.1) is 17.0 Å². The zero-order valence-electron chi connectivity index (χ0n) is 18.9. The molecule has 2 aromatic rings. The third-order valence-corrected chi connectivity index (χ3v) is 6.97. The van der Waals surface area contributed by atoms with Gasteiger partial charge in [-0.3, -0.25) is 9.59 Å². The summed E-state index contributed by atoms with van der Waals surface area (Å²) in [6.07, 6.45) is 4.48. The number of hydrogen-bond acceptors (Lipinski definition) is 3. The van der Waals surface area contributed by atoms with Gasteiger partial charge in [-0.05, 0) is 68.2 Å². The molecular formula is C26H30F2N2O3. The molecule has 4 rings (SSSR count). The molecule has 7 heteroatoms. The summed E-state index contributed by atoms with van der Waals surface area (Å²) in [7, 11) is 0. The predicted molar refractivity (Wildman–Crippen MR) is 121 cm³/mol. The van der Waals surface area contributed by atoms with E-state index in [1.165, 1.54) is 11.0 Å². The second kappa shape index (κ2) is 9.89. The van der Waals surface area contributed by atoms with Gasteiger partial charge in [0.1, 0.15) is 22.9 Å². The molecule has 1 N–H and O–H groups in total. The van der Waals surface area contributed by atoms with Crippen LogP contribution in [0.5, 0.6) is 5.75 Å². The van der Waals surface area contributed by atoms with E-state index in [2.05, 4.69) is 5.32 Å². The lowest BCUT2D eigenvalue weighted by atomic mass is 9.74. The quantitative estimate of drug-likeness (QED) is 0.688. The van der Waals surface area contributed by atoms with Gasteiger partial charge in [-0.2, -0.15) is 0 Å². The van der Waals surface area contributed by atoms with Crippen LogP contribution in [0.15, 0.2) is 42.5 Å². The highest BCUT2D eigenvalue weighted by Crippen LogP contribution is 2.37. The molecule has 1 spiro atoms. The number of halogens is 2. The van der Waals surface area contributed by atoms with Crippen molar-refractivity contribution in [3.63, 3.8) is 0 Å². The third kappa shape index (κ3) is 5.18. The first-order chi connectivity index (χ1) is 15.9. The van der Waals surface area contributed by atoms with Crippen molar-refractivity contribution in [1.82, 2.24) is 10.2 Å². The van der Waals surface area contributed by atoms with E-state index < -0.39 is 29.2 Å². The Morgan fingerprint density at radius 1 is 1.03 bits per heavy atom. The molecule has 0 saturated carbocycles. The molecule has 1 atom stereocenters. The van der Waals surface area contributed by atoms with Crippen molar-refractivity contribution in [2.24, 2.45) is 5.41 Å². The van der Waals surface area contributed by atoms with Crippen LogP contribution in [0.25, 0.3) is 0 Å². The molecule has 0 aliphatic carbocycles. The van der Waals surface area contributed by atoms with Crippen molar-refractivity contribution < 1.29 is 23.1 Å². The van der Waals surface area contributed by atoms with Crippen LogP contribution in [-0.4, -0.2) is 42.5 Å². The number of nitrogens with one attached hydrogen (secondary N) is 1. The molecule has 176 valence electrons. The van der Waals surface area contributed by atoms with Gasteiger partial charge in [-0.1, -0.05) is 30.7 Å². The van der Waals surface area contributed by atoms with Crippen molar-refractivity contribution in [2.45, 2.75) is 51.6 Å². The fourth-order valence-electron chi connectivity index (χ4n) is 4.86. The molecule has 0 radical (unpaired) electrons. The second-order valence-corrected chi connectivity index (χ2v) is 9.18. The Morgan fingerprint density at radius 3 is 2.45 bits per heavy atom. The van der Waals surface area contributed by atoms with Crippen LogP contribution in [0.3, 0.4) is 0 Å². The molecule has 2 aliphatic heterocycles. The van der Waals surface area contributed by atoms with E-state index >= 15 is 0 Å².